The maximum absolute atomic E-state index is 10.3. The van der Waals surface area contributed by atoms with Crippen LogP contribution in [-0.2, 0) is 5.06 Å². The number of halogens is 2. The van der Waals surface area contributed by atoms with Gasteiger partial charge in [0, 0.05) is 16.1 Å². The molecule has 0 amide bonds. The molecule has 0 aliphatic rings. The fraction of sp³-hybridized carbons (Fsp3) is 0.0769. The van der Waals surface area contributed by atoms with Crippen LogP contribution in [0.1, 0.15) is 11.1 Å². The monoisotopic (exact) mass is 252 g/mol. The molecule has 16 heavy (non-hydrogen) atoms. The van der Waals surface area contributed by atoms with Gasteiger partial charge in [-0.25, -0.2) is 0 Å². The molecule has 1 atom stereocenters. The first-order chi connectivity index (χ1) is 7.60. The van der Waals surface area contributed by atoms with Crippen molar-refractivity contribution in [2.45, 2.75) is 5.06 Å². The van der Waals surface area contributed by atoms with E-state index in [2.05, 4.69) is 0 Å². The number of aliphatic hydroxyl groups is 1. The lowest BCUT2D eigenvalue weighted by molar-refractivity contribution is 0.173. The highest BCUT2D eigenvalue weighted by Gasteiger charge is 2.28. The Bertz CT molecular complexity index is 463. The Morgan fingerprint density at radius 2 is 1.31 bits per heavy atom. The van der Waals surface area contributed by atoms with E-state index in [4.69, 9.17) is 23.2 Å². The van der Waals surface area contributed by atoms with Crippen molar-refractivity contribution in [1.82, 2.24) is 0 Å². The van der Waals surface area contributed by atoms with Gasteiger partial charge < -0.3 is 5.11 Å². The average molecular weight is 253 g/mol. The second-order valence-electron chi connectivity index (χ2n) is 3.50. The maximum atomic E-state index is 10.3. The minimum absolute atomic E-state index is 0.602. The lowest BCUT2D eigenvalue weighted by Gasteiger charge is -2.21. The third-order valence-corrected chi connectivity index (χ3v) is 3.07. The number of hydrogen-bond donors (Lipinski definition) is 1. The Kier molecular flexibility index (Phi) is 3.20. The summed E-state index contributed by atoms with van der Waals surface area (Å²) in [5.41, 5.74) is 1.24. The van der Waals surface area contributed by atoms with Crippen LogP contribution >= 0.6 is 23.2 Å². The highest BCUT2D eigenvalue weighted by Crippen LogP contribution is 2.33. The number of benzene rings is 2. The molecule has 1 unspecified atom stereocenters. The zero-order valence-electron chi connectivity index (χ0n) is 8.40. The van der Waals surface area contributed by atoms with Gasteiger partial charge in [0.15, 0.2) is 5.06 Å². The van der Waals surface area contributed by atoms with Crippen molar-refractivity contribution >= 4 is 23.2 Å². The maximum Gasteiger partial charge on any atom is 0.190 e. The summed E-state index contributed by atoms with van der Waals surface area (Å²) in [6.45, 7) is 0. The first kappa shape index (κ1) is 11.5. The van der Waals surface area contributed by atoms with Crippen LogP contribution in [0.5, 0.6) is 0 Å². The standard InChI is InChI=1S/C13H10Cl2O/c14-12-8-6-11(7-9-12)13(15,16)10-4-2-1-3-5-10/h1-9,16H. The van der Waals surface area contributed by atoms with Crippen molar-refractivity contribution in [2.24, 2.45) is 0 Å². The summed E-state index contributed by atoms with van der Waals surface area (Å²) in [6, 6.07) is 15.9. The lowest BCUT2D eigenvalue weighted by Crippen LogP contribution is -2.19. The Labute approximate surface area is 104 Å². The van der Waals surface area contributed by atoms with E-state index in [1.165, 1.54) is 0 Å². The van der Waals surface area contributed by atoms with E-state index in [-0.39, 0.29) is 0 Å². The van der Waals surface area contributed by atoms with E-state index in [0.717, 1.165) is 0 Å². The first-order valence-electron chi connectivity index (χ1n) is 4.83. The predicted octanol–water partition coefficient (Wildman–Crippen LogP) is 3.77. The summed E-state index contributed by atoms with van der Waals surface area (Å²) in [7, 11) is 0. The molecule has 0 fully saturated rings. The quantitative estimate of drug-likeness (QED) is 0.807. The van der Waals surface area contributed by atoms with Crippen LogP contribution in [-0.4, -0.2) is 5.11 Å². The van der Waals surface area contributed by atoms with E-state index >= 15 is 0 Å². The third-order valence-electron chi connectivity index (χ3n) is 2.38. The molecule has 0 aromatic heterocycles. The number of rotatable bonds is 2. The van der Waals surface area contributed by atoms with Crippen LogP contribution in [0.25, 0.3) is 0 Å². The van der Waals surface area contributed by atoms with Crippen LogP contribution in [0.15, 0.2) is 54.6 Å². The van der Waals surface area contributed by atoms with Gasteiger partial charge in [0.2, 0.25) is 0 Å². The van der Waals surface area contributed by atoms with E-state index in [1.807, 2.05) is 18.2 Å². The summed E-state index contributed by atoms with van der Waals surface area (Å²) in [4.78, 5) is 0. The second kappa shape index (κ2) is 4.46. The normalized spacial score (nSPS) is 14.4. The lowest BCUT2D eigenvalue weighted by atomic mass is 10.0. The van der Waals surface area contributed by atoms with Gasteiger partial charge in [0.1, 0.15) is 0 Å². The molecule has 0 saturated carbocycles. The van der Waals surface area contributed by atoms with Crippen molar-refractivity contribution in [3.63, 3.8) is 0 Å². The minimum atomic E-state index is -1.51. The van der Waals surface area contributed by atoms with Gasteiger partial charge in [-0.3, -0.25) is 0 Å². The fourth-order valence-corrected chi connectivity index (χ4v) is 1.87. The molecule has 0 aliphatic carbocycles. The molecule has 0 spiro atoms. The number of hydrogen-bond acceptors (Lipinski definition) is 1. The topological polar surface area (TPSA) is 20.2 Å². The van der Waals surface area contributed by atoms with Gasteiger partial charge in [-0.05, 0) is 12.1 Å². The fourth-order valence-electron chi connectivity index (χ4n) is 1.50. The number of alkyl halides is 1. The van der Waals surface area contributed by atoms with Crippen LogP contribution in [0, 0.1) is 0 Å². The van der Waals surface area contributed by atoms with Gasteiger partial charge in [0.05, 0.1) is 0 Å². The first-order valence-corrected chi connectivity index (χ1v) is 5.59. The Morgan fingerprint density at radius 1 is 0.812 bits per heavy atom. The van der Waals surface area contributed by atoms with E-state index < -0.39 is 5.06 Å². The zero-order valence-corrected chi connectivity index (χ0v) is 9.91. The van der Waals surface area contributed by atoms with Crippen molar-refractivity contribution in [2.75, 3.05) is 0 Å². The molecule has 0 radical (unpaired) electrons. The summed E-state index contributed by atoms with van der Waals surface area (Å²) < 4.78 is 0. The highest BCUT2D eigenvalue weighted by atomic mass is 35.5. The molecule has 2 aromatic rings. The molecule has 2 aromatic carbocycles. The summed E-state index contributed by atoms with van der Waals surface area (Å²) >= 11 is 11.9. The van der Waals surface area contributed by atoms with Gasteiger partial charge in [0.25, 0.3) is 0 Å². The SMILES string of the molecule is OC(Cl)(c1ccccc1)c1ccc(Cl)cc1. The van der Waals surface area contributed by atoms with E-state index in [9.17, 15) is 5.11 Å². The molecule has 0 heterocycles. The van der Waals surface area contributed by atoms with E-state index in [0.29, 0.717) is 16.1 Å². The molecule has 2 rings (SSSR count). The summed E-state index contributed by atoms with van der Waals surface area (Å²) in [6.07, 6.45) is 0. The van der Waals surface area contributed by atoms with Crippen LogP contribution in [0.3, 0.4) is 0 Å². The van der Waals surface area contributed by atoms with Gasteiger partial charge in [-0.2, -0.15) is 0 Å². The van der Waals surface area contributed by atoms with Crippen molar-refractivity contribution < 1.29 is 5.11 Å². The summed E-state index contributed by atoms with van der Waals surface area (Å²) in [5.74, 6) is 0. The van der Waals surface area contributed by atoms with Gasteiger partial charge >= 0.3 is 0 Å². The molecular formula is C13H10Cl2O. The zero-order chi connectivity index (χ0) is 11.6. The average Bonchev–Trinajstić information content (AvgIpc) is 2.31. The molecule has 82 valence electrons. The Morgan fingerprint density at radius 3 is 1.88 bits per heavy atom. The predicted molar refractivity (Wildman–Crippen MR) is 66.7 cm³/mol. The molecule has 0 saturated heterocycles. The highest BCUT2D eigenvalue weighted by molar-refractivity contribution is 6.30. The van der Waals surface area contributed by atoms with Crippen LogP contribution in [0.4, 0.5) is 0 Å². The molecule has 1 nitrogen and oxygen atoms in total. The summed E-state index contributed by atoms with van der Waals surface area (Å²) in [5, 5.41) is 9.38. The largest absolute Gasteiger partial charge is 0.367 e. The third kappa shape index (κ3) is 2.22. The minimum Gasteiger partial charge on any atom is -0.367 e. The Balaban J connectivity index is 2.43. The molecule has 1 N–H and O–H groups in total. The van der Waals surface area contributed by atoms with Gasteiger partial charge in [-0.1, -0.05) is 65.7 Å². The second-order valence-corrected chi connectivity index (χ2v) is 4.48. The molecule has 0 aliphatic heterocycles. The molecular weight excluding hydrogens is 243 g/mol. The smallest absolute Gasteiger partial charge is 0.190 e. The molecule has 0 bridgehead atoms. The van der Waals surface area contributed by atoms with Crippen molar-refractivity contribution in [3.05, 3.63) is 70.7 Å². The van der Waals surface area contributed by atoms with E-state index in [1.54, 1.807) is 36.4 Å². The van der Waals surface area contributed by atoms with Crippen LogP contribution in [0.2, 0.25) is 5.02 Å². The van der Waals surface area contributed by atoms with Crippen molar-refractivity contribution in [1.29, 1.82) is 0 Å². The van der Waals surface area contributed by atoms with Crippen molar-refractivity contribution in [3.8, 4) is 0 Å². The molecule has 3 heteroatoms. The van der Waals surface area contributed by atoms with Gasteiger partial charge in [-0.15, -0.1) is 0 Å². The Hall–Kier alpha value is -1.02. The van der Waals surface area contributed by atoms with Crippen LogP contribution < -0.4 is 0 Å².